The van der Waals surface area contributed by atoms with Crippen LogP contribution in [-0.2, 0) is 0 Å². The molecule has 134 valence electrons. The molecule has 0 aromatic heterocycles. The maximum atomic E-state index is 12.6. The summed E-state index contributed by atoms with van der Waals surface area (Å²) < 4.78 is -0.238. The predicted octanol–water partition coefficient (Wildman–Crippen LogP) is 3.99. The van der Waals surface area contributed by atoms with Crippen molar-refractivity contribution in [2.24, 2.45) is 0 Å². The van der Waals surface area contributed by atoms with Crippen LogP contribution in [0, 0.1) is 5.21 Å². The molecule has 4 nitrogen and oxygen atoms in total. The number of hydroxylamine groups is 3. The Morgan fingerprint density at radius 2 is 0.955 bits per heavy atom. The topological polar surface area (TPSA) is 63.5 Å². The van der Waals surface area contributed by atoms with E-state index in [1.54, 1.807) is 0 Å². The van der Waals surface area contributed by atoms with Crippen LogP contribution in [-0.4, -0.2) is 47.7 Å². The van der Waals surface area contributed by atoms with Crippen molar-refractivity contribution in [3.8, 4) is 0 Å². The third-order valence-corrected chi connectivity index (χ3v) is 4.37. The van der Waals surface area contributed by atoms with Crippen molar-refractivity contribution in [1.29, 1.82) is 0 Å². The van der Waals surface area contributed by atoms with Crippen LogP contribution in [0.3, 0.4) is 0 Å². The maximum Gasteiger partial charge on any atom is 0.0806 e. The number of rotatable bonds is 17. The van der Waals surface area contributed by atoms with Crippen LogP contribution < -0.4 is 0 Å². The molecule has 2 N–H and O–H groups in total. The Morgan fingerprint density at radius 3 is 1.36 bits per heavy atom. The molecule has 0 amide bonds. The molecule has 0 rings (SSSR count). The Hall–Kier alpha value is -0.160. The quantitative estimate of drug-likeness (QED) is 0.242. The molecule has 0 spiro atoms. The average molecular weight is 318 g/mol. The summed E-state index contributed by atoms with van der Waals surface area (Å²) in [4.78, 5) is 0. The first kappa shape index (κ1) is 21.8. The highest BCUT2D eigenvalue weighted by molar-refractivity contribution is 4.51. The van der Waals surface area contributed by atoms with Crippen LogP contribution in [0.2, 0.25) is 0 Å². The van der Waals surface area contributed by atoms with Crippen molar-refractivity contribution < 1.29 is 14.9 Å². The minimum Gasteiger partial charge on any atom is -0.633 e. The highest BCUT2D eigenvalue weighted by Gasteiger charge is 2.15. The molecular formula is C18H39NO3. The van der Waals surface area contributed by atoms with Gasteiger partial charge in [-0.15, -0.1) is 0 Å². The second-order valence-electron chi connectivity index (χ2n) is 6.57. The zero-order chi connectivity index (χ0) is 16.5. The fourth-order valence-corrected chi connectivity index (χ4v) is 2.94. The SMILES string of the molecule is CCCCCCCCCCCC[N+]([O-])(CCCO)CCCO. The molecule has 0 unspecified atom stereocenters. The van der Waals surface area contributed by atoms with Gasteiger partial charge < -0.3 is 20.1 Å². The summed E-state index contributed by atoms with van der Waals surface area (Å²) in [5.41, 5.74) is 0. The smallest absolute Gasteiger partial charge is 0.0806 e. The van der Waals surface area contributed by atoms with E-state index in [1.807, 2.05) is 0 Å². The van der Waals surface area contributed by atoms with Crippen molar-refractivity contribution in [3.05, 3.63) is 5.21 Å². The third kappa shape index (κ3) is 13.5. The van der Waals surface area contributed by atoms with Crippen LogP contribution in [0.1, 0.15) is 84.0 Å². The van der Waals surface area contributed by atoms with Crippen LogP contribution >= 0.6 is 0 Å². The van der Waals surface area contributed by atoms with Gasteiger partial charge in [0, 0.05) is 26.1 Å². The van der Waals surface area contributed by atoms with Crippen molar-refractivity contribution in [2.75, 3.05) is 32.8 Å². The van der Waals surface area contributed by atoms with Crippen molar-refractivity contribution >= 4 is 0 Å². The van der Waals surface area contributed by atoms with E-state index in [2.05, 4.69) is 6.92 Å². The van der Waals surface area contributed by atoms with Crippen molar-refractivity contribution in [2.45, 2.75) is 84.0 Å². The number of hydrogen-bond acceptors (Lipinski definition) is 3. The maximum absolute atomic E-state index is 12.6. The molecule has 22 heavy (non-hydrogen) atoms. The zero-order valence-corrected chi connectivity index (χ0v) is 14.8. The number of aliphatic hydroxyl groups excluding tert-OH is 2. The fourth-order valence-electron chi connectivity index (χ4n) is 2.94. The first-order valence-electron chi connectivity index (χ1n) is 9.47. The summed E-state index contributed by atoms with van der Waals surface area (Å²) in [6.45, 7) is 4.01. The highest BCUT2D eigenvalue weighted by atomic mass is 16.5. The average Bonchev–Trinajstić information content (AvgIpc) is 2.53. The fraction of sp³-hybridized carbons (Fsp3) is 1.00. The van der Waals surface area contributed by atoms with Gasteiger partial charge in [0.2, 0.25) is 0 Å². The largest absolute Gasteiger partial charge is 0.633 e. The van der Waals surface area contributed by atoms with Gasteiger partial charge in [0.1, 0.15) is 0 Å². The summed E-state index contributed by atoms with van der Waals surface area (Å²) in [5, 5.41) is 30.4. The normalized spacial score (nSPS) is 12.0. The van der Waals surface area contributed by atoms with Gasteiger partial charge in [-0.1, -0.05) is 58.3 Å². The summed E-state index contributed by atoms with van der Waals surface area (Å²) in [7, 11) is 0. The number of unbranched alkanes of at least 4 members (excludes halogenated alkanes) is 9. The molecule has 0 radical (unpaired) electrons. The van der Waals surface area contributed by atoms with Crippen molar-refractivity contribution in [1.82, 2.24) is 0 Å². The Kier molecular flexibility index (Phi) is 15.6. The first-order valence-corrected chi connectivity index (χ1v) is 9.47. The lowest BCUT2D eigenvalue weighted by Crippen LogP contribution is -2.45. The second kappa shape index (κ2) is 15.7. The van der Waals surface area contributed by atoms with Gasteiger partial charge in [-0.05, 0) is 12.8 Å². The van der Waals surface area contributed by atoms with E-state index in [0.717, 1.165) is 12.8 Å². The van der Waals surface area contributed by atoms with Gasteiger partial charge in [-0.2, -0.15) is 0 Å². The lowest BCUT2D eigenvalue weighted by Gasteiger charge is -2.43. The molecule has 0 bridgehead atoms. The number of nitrogens with zero attached hydrogens (tertiary/aromatic N) is 1. The zero-order valence-electron chi connectivity index (χ0n) is 14.8. The van der Waals surface area contributed by atoms with Crippen LogP contribution in [0.4, 0.5) is 0 Å². The molecule has 0 saturated carbocycles. The van der Waals surface area contributed by atoms with E-state index in [-0.39, 0.29) is 17.9 Å². The molecule has 4 heteroatoms. The third-order valence-electron chi connectivity index (χ3n) is 4.37. The van der Waals surface area contributed by atoms with E-state index in [4.69, 9.17) is 10.2 Å². The Balaban J connectivity index is 3.58. The Bertz CT molecular complexity index is 216. The van der Waals surface area contributed by atoms with Crippen LogP contribution in [0.25, 0.3) is 0 Å². The number of aliphatic hydroxyl groups is 2. The first-order chi connectivity index (χ1) is 10.7. The molecule has 0 aliphatic carbocycles. The Labute approximate surface area is 137 Å². The van der Waals surface area contributed by atoms with Gasteiger partial charge in [0.25, 0.3) is 0 Å². The second-order valence-corrected chi connectivity index (χ2v) is 6.57. The Morgan fingerprint density at radius 1 is 0.591 bits per heavy atom. The molecule has 0 aliphatic heterocycles. The predicted molar refractivity (Wildman–Crippen MR) is 93.5 cm³/mol. The van der Waals surface area contributed by atoms with E-state index in [1.165, 1.54) is 51.4 Å². The summed E-state index contributed by atoms with van der Waals surface area (Å²) >= 11 is 0. The van der Waals surface area contributed by atoms with E-state index >= 15 is 0 Å². The molecule has 0 aromatic rings. The monoisotopic (exact) mass is 317 g/mol. The highest BCUT2D eigenvalue weighted by Crippen LogP contribution is 2.14. The number of quaternary nitrogens is 1. The van der Waals surface area contributed by atoms with Gasteiger partial charge in [0.05, 0.1) is 19.6 Å². The lowest BCUT2D eigenvalue weighted by molar-refractivity contribution is -0.881. The minimum atomic E-state index is -0.238. The van der Waals surface area contributed by atoms with Gasteiger partial charge in [0.15, 0.2) is 0 Å². The van der Waals surface area contributed by atoms with Gasteiger partial charge >= 0.3 is 0 Å². The number of hydrogen-bond donors (Lipinski definition) is 2. The molecule has 0 aliphatic rings. The minimum absolute atomic E-state index is 0.0827. The summed E-state index contributed by atoms with van der Waals surface area (Å²) in [6, 6.07) is 0. The molecule has 0 fully saturated rings. The van der Waals surface area contributed by atoms with Gasteiger partial charge in [-0.3, -0.25) is 0 Å². The molecule has 0 saturated heterocycles. The molecule has 0 heterocycles. The van der Waals surface area contributed by atoms with Crippen LogP contribution in [0.15, 0.2) is 0 Å². The summed E-state index contributed by atoms with van der Waals surface area (Å²) in [6.07, 6.45) is 13.9. The van der Waals surface area contributed by atoms with E-state index in [9.17, 15) is 5.21 Å². The molecule has 0 atom stereocenters. The molecular weight excluding hydrogens is 278 g/mol. The standard InChI is InChI=1S/C18H39NO3/c1-2-3-4-5-6-7-8-9-10-11-14-19(22,15-12-17-20)16-13-18-21/h20-21H,2-18H2,1H3. The van der Waals surface area contributed by atoms with Crippen molar-refractivity contribution in [3.63, 3.8) is 0 Å². The van der Waals surface area contributed by atoms with Gasteiger partial charge in [-0.25, -0.2) is 0 Å². The summed E-state index contributed by atoms with van der Waals surface area (Å²) in [5.74, 6) is 0. The lowest BCUT2D eigenvalue weighted by atomic mass is 10.1. The van der Waals surface area contributed by atoms with E-state index in [0.29, 0.717) is 32.5 Å². The molecule has 0 aromatic carbocycles. The van der Waals surface area contributed by atoms with Crippen LogP contribution in [0.5, 0.6) is 0 Å². The van der Waals surface area contributed by atoms with E-state index < -0.39 is 0 Å².